The molecular weight excluding hydrogens is 324 g/mol. The fraction of sp³-hybridized carbons (Fsp3) is 0.909. The molecule has 2 aliphatic heterocycles. The third-order valence-corrected chi connectivity index (χ3v) is 6.05. The van der Waals surface area contributed by atoms with Gasteiger partial charge >= 0.3 is 0 Å². The van der Waals surface area contributed by atoms with Crippen LogP contribution in [-0.4, -0.2) is 35.3 Å². The maximum Gasteiger partial charge on any atom is 0.264 e. The van der Waals surface area contributed by atoms with Crippen LogP contribution in [0.15, 0.2) is 0 Å². The fourth-order valence-electron chi connectivity index (χ4n) is 4.48. The van der Waals surface area contributed by atoms with Gasteiger partial charge in [-0.2, -0.15) is 0 Å². The van der Waals surface area contributed by atoms with Crippen molar-refractivity contribution in [2.75, 3.05) is 6.54 Å². The predicted molar refractivity (Wildman–Crippen MR) is 106 cm³/mol. The van der Waals surface area contributed by atoms with Crippen LogP contribution < -0.4 is 5.32 Å². The van der Waals surface area contributed by atoms with Crippen molar-refractivity contribution in [2.45, 2.75) is 122 Å². The minimum absolute atomic E-state index is 0.0695. The first-order valence-electron chi connectivity index (χ1n) is 11.3. The summed E-state index contributed by atoms with van der Waals surface area (Å²) in [5.41, 5.74) is 0. The lowest BCUT2D eigenvalue weighted by Crippen LogP contribution is -2.45. The first kappa shape index (κ1) is 21.2. The average Bonchev–Trinajstić information content (AvgIpc) is 3.21. The molecule has 0 bridgehead atoms. The van der Waals surface area contributed by atoms with E-state index in [2.05, 4.69) is 12.2 Å². The number of likely N-dealkylation sites (tertiary alicyclic amines) is 1. The molecule has 0 aliphatic carbocycles. The van der Waals surface area contributed by atoms with E-state index in [1.165, 1.54) is 77.0 Å². The van der Waals surface area contributed by atoms with Gasteiger partial charge < -0.3 is 4.90 Å². The molecule has 0 saturated carbocycles. The lowest BCUT2D eigenvalue weighted by Gasteiger charge is -2.29. The third-order valence-electron chi connectivity index (χ3n) is 6.05. The first-order chi connectivity index (χ1) is 12.7. The van der Waals surface area contributed by atoms with E-state index in [1.54, 1.807) is 0 Å². The molecule has 2 atom stereocenters. The van der Waals surface area contributed by atoms with Gasteiger partial charge in [0.1, 0.15) is 6.04 Å². The largest absolute Gasteiger partial charge is 0.328 e. The smallest absolute Gasteiger partial charge is 0.264 e. The summed E-state index contributed by atoms with van der Waals surface area (Å²) in [6, 6.07) is 0.0418. The third kappa shape index (κ3) is 6.92. The highest BCUT2D eigenvalue weighted by molar-refractivity contribution is 5.90. The van der Waals surface area contributed by atoms with E-state index in [9.17, 15) is 9.59 Å². The summed E-state index contributed by atoms with van der Waals surface area (Å²) in [5, 5.41) is 3.96. The van der Waals surface area contributed by atoms with E-state index >= 15 is 0 Å². The van der Waals surface area contributed by atoms with Crippen molar-refractivity contribution in [1.29, 1.82) is 0 Å². The van der Waals surface area contributed by atoms with Gasteiger partial charge in [-0.3, -0.25) is 9.59 Å². The zero-order valence-electron chi connectivity index (χ0n) is 16.9. The second-order valence-electron chi connectivity index (χ2n) is 8.20. The number of rotatable bonds is 14. The van der Waals surface area contributed by atoms with Crippen LogP contribution in [0.25, 0.3) is 0 Å². The Bertz CT molecular complexity index is 424. The Morgan fingerprint density at radius 2 is 1.42 bits per heavy atom. The molecule has 2 saturated heterocycles. The van der Waals surface area contributed by atoms with Gasteiger partial charge in [-0.15, -0.1) is 0 Å². The van der Waals surface area contributed by atoms with E-state index in [1.807, 2.05) is 4.90 Å². The lowest BCUT2D eigenvalue weighted by atomic mass is 10.0. The molecule has 1 radical (unpaired) electrons. The minimum atomic E-state index is -0.243. The molecule has 0 spiro atoms. The maximum atomic E-state index is 12.2. The second kappa shape index (κ2) is 12.3. The van der Waals surface area contributed by atoms with Crippen LogP contribution in [-0.2, 0) is 9.59 Å². The van der Waals surface area contributed by atoms with Crippen LogP contribution in [0.4, 0.5) is 0 Å². The van der Waals surface area contributed by atoms with Crippen molar-refractivity contribution < 1.29 is 9.59 Å². The van der Waals surface area contributed by atoms with Crippen LogP contribution in [0, 0.1) is 0 Å². The van der Waals surface area contributed by atoms with Gasteiger partial charge in [0.25, 0.3) is 5.91 Å². The van der Waals surface area contributed by atoms with E-state index in [0.717, 1.165) is 19.3 Å². The number of unbranched alkanes of at least 4 members (excludes halogenated alkanes) is 11. The molecule has 2 fully saturated rings. The monoisotopic (exact) mass is 363 g/mol. The van der Waals surface area contributed by atoms with Crippen molar-refractivity contribution in [3.05, 3.63) is 0 Å². The number of hydrogen-bond acceptors (Lipinski definition) is 2. The molecule has 0 aromatic heterocycles. The lowest BCUT2D eigenvalue weighted by molar-refractivity contribution is -0.137. The van der Waals surface area contributed by atoms with E-state index < -0.39 is 0 Å². The van der Waals surface area contributed by atoms with Gasteiger partial charge in [0.05, 0.1) is 0 Å². The molecule has 4 heteroatoms. The highest BCUT2D eigenvalue weighted by Gasteiger charge is 2.41. The van der Waals surface area contributed by atoms with Crippen molar-refractivity contribution in [3.63, 3.8) is 0 Å². The molecule has 0 N–H and O–H groups in total. The van der Waals surface area contributed by atoms with Crippen molar-refractivity contribution in [1.82, 2.24) is 10.2 Å². The molecule has 2 amide bonds. The summed E-state index contributed by atoms with van der Waals surface area (Å²) < 4.78 is 0. The van der Waals surface area contributed by atoms with E-state index in [4.69, 9.17) is 0 Å². The topological polar surface area (TPSA) is 51.5 Å². The standard InChI is InChI=1S/C22H39N2O2/c1-2-3-4-5-6-7-8-9-10-11-12-13-14-19-15-16-21(25)24(19)20-17-18-23-22(20)26/h19-20H,2-18H2,1H3. The summed E-state index contributed by atoms with van der Waals surface area (Å²) >= 11 is 0. The molecule has 2 heterocycles. The van der Waals surface area contributed by atoms with Crippen LogP contribution in [0.5, 0.6) is 0 Å². The molecule has 2 unspecified atom stereocenters. The Hall–Kier alpha value is -1.06. The molecule has 2 rings (SSSR count). The number of hydrogen-bond donors (Lipinski definition) is 0. The SMILES string of the molecule is CCCCCCCCCCCCCCC1CCC(=O)N1C1CC[N]C1=O. The second-order valence-corrected chi connectivity index (χ2v) is 8.20. The van der Waals surface area contributed by atoms with Crippen LogP contribution >= 0.6 is 0 Å². The Labute approximate surface area is 160 Å². The quantitative estimate of drug-likeness (QED) is 0.409. The average molecular weight is 364 g/mol. The van der Waals surface area contributed by atoms with Crippen molar-refractivity contribution >= 4 is 11.8 Å². The number of amides is 2. The normalized spacial score (nSPS) is 23.0. The van der Waals surface area contributed by atoms with Gasteiger partial charge in [-0.05, 0) is 19.3 Å². The zero-order valence-corrected chi connectivity index (χ0v) is 16.9. The van der Waals surface area contributed by atoms with Crippen molar-refractivity contribution in [3.8, 4) is 0 Å². The predicted octanol–water partition coefficient (Wildman–Crippen LogP) is 4.97. The first-order valence-corrected chi connectivity index (χ1v) is 11.3. The molecule has 26 heavy (non-hydrogen) atoms. The summed E-state index contributed by atoms with van der Waals surface area (Å²) in [6.07, 6.45) is 19.6. The fourth-order valence-corrected chi connectivity index (χ4v) is 4.48. The van der Waals surface area contributed by atoms with Gasteiger partial charge in [0.2, 0.25) is 5.91 Å². The molecule has 0 aromatic carbocycles. The molecule has 2 aliphatic rings. The molecular formula is C22H39N2O2. The van der Waals surface area contributed by atoms with Gasteiger partial charge in [0, 0.05) is 19.0 Å². The van der Waals surface area contributed by atoms with E-state index in [-0.39, 0.29) is 23.9 Å². The number of nitrogens with zero attached hydrogens (tertiary/aromatic N) is 2. The van der Waals surface area contributed by atoms with Crippen LogP contribution in [0.1, 0.15) is 110 Å². The highest BCUT2D eigenvalue weighted by atomic mass is 16.2. The Morgan fingerprint density at radius 3 is 1.96 bits per heavy atom. The highest BCUT2D eigenvalue weighted by Crippen LogP contribution is 2.28. The van der Waals surface area contributed by atoms with Crippen molar-refractivity contribution in [2.24, 2.45) is 0 Å². The summed E-state index contributed by atoms with van der Waals surface area (Å²) in [4.78, 5) is 25.9. The zero-order chi connectivity index (χ0) is 18.6. The number of carbonyl (C=O) groups is 2. The molecule has 4 nitrogen and oxygen atoms in total. The van der Waals surface area contributed by atoms with Gasteiger partial charge in [0.15, 0.2) is 0 Å². The van der Waals surface area contributed by atoms with E-state index in [0.29, 0.717) is 13.0 Å². The maximum absolute atomic E-state index is 12.2. The molecule has 149 valence electrons. The number of carbonyl (C=O) groups excluding carboxylic acids is 2. The molecule has 0 aromatic rings. The van der Waals surface area contributed by atoms with Gasteiger partial charge in [-0.25, -0.2) is 5.32 Å². The van der Waals surface area contributed by atoms with Crippen LogP contribution in [0.3, 0.4) is 0 Å². The van der Waals surface area contributed by atoms with Gasteiger partial charge in [-0.1, -0.05) is 84.0 Å². The Balaban J connectivity index is 1.48. The van der Waals surface area contributed by atoms with Crippen LogP contribution in [0.2, 0.25) is 0 Å². The Kier molecular flexibility index (Phi) is 10.1. The Morgan fingerprint density at radius 1 is 0.846 bits per heavy atom. The minimum Gasteiger partial charge on any atom is -0.328 e. The summed E-state index contributed by atoms with van der Waals surface area (Å²) in [6.45, 7) is 2.87. The summed E-state index contributed by atoms with van der Waals surface area (Å²) in [7, 11) is 0. The summed E-state index contributed by atoms with van der Waals surface area (Å²) in [5.74, 6) is 0.101.